The van der Waals surface area contributed by atoms with Gasteiger partial charge in [-0.25, -0.2) is 0 Å². The van der Waals surface area contributed by atoms with Gasteiger partial charge in [-0.3, -0.25) is 14.5 Å². The Hall–Kier alpha value is -2.86. The summed E-state index contributed by atoms with van der Waals surface area (Å²) < 4.78 is 5.82. The number of benzene rings is 2. The molecule has 1 aliphatic heterocycles. The quantitative estimate of drug-likeness (QED) is 0.741. The third kappa shape index (κ3) is 6.31. The van der Waals surface area contributed by atoms with Crippen molar-refractivity contribution in [1.29, 1.82) is 0 Å². The Kier molecular flexibility index (Phi) is 7.69. The van der Waals surface area contributed by atoms with Gasteiger partial charge in [0.15, 0.2) is 0 Å². The van der Waals surface area contributed by atoms with Crippen molar-refractivity contribution in [3.05, 3.63) is 58.7 Å². The Labute approximate surface area is 185 Å². The van der Waals surface area contributed by atoms with Gasteiger partial charge in [-0.1, -0.05) is 24.3 Å². The van der Waals surface area contributed by atoms with Crippen LogP contribution in [-0.2, 0) is 9.59 Å². The van der Waals surface area contributed by atoms with E-state index in [0.717, 1.165) is 33.7 Å². The van der Waals surface area contributed by atoms with Crippen molar-refractivity contribution in [3.63, 3.8) is 0 Å². The van der Waals surface area contributed by atoms with Crippen LogP contribution in [0.3, 0.4) is 0 Å². The number of nitrogens with zero attached hydrogens (tertiary/aromatic N) is 2. The van der Waals surface area contributed by atoms with Gasteiger partial charge in [-0.15, -0.1) is 0 Å². The Morgan fingerprint density at radius 1 is 0.968 bits per heavy atom. The molecular formula is C25H33N3O3. The SMILES string of the molecule is Cc1ccc(C)c(OCCC(=O)N2CCN(CC(=O)Nc3cccc(C)c3C)CC2)c1. The highest BCUT2D eigenvalue weighted by Crippen LogP contribution is 2.20. The van der Waals surface area contributed by atoms with Gasteiger partial charge in [0.25, 0.3) is 0 Å². The van der Waals surface area contributed by atoms with Crippen molar-refractivity contribution in [2.45, 2.75) is 34.1 Å². The Balaban J connectivity index is 1.39. The molecular weight excluding hydrogens is 390 g/mol. The topological polar surface area (TPSA) is 61.9 Å². The molecule has 2 aromatic carbocycles. The number of carbonyl (C=O) groups is 2. The van der Waals surface area contributed by atoms with E-state index in [9.17, 15) is 9.59 Å². The summed E-state index contributed by atoms with van der Waals surface area (Å²) in [6.07, 6.45) is 0.362. The lowest BCUT2D eigenvalue weighted by Gasteiger charge is -2.34. The molecule has 0 saturated carbocycles. The number of nitrogens with one attached hydrogen (secondary N) is 1. The van der Waals surface area contributed by atoms with Gasteiger partial charge in [0.05, 0.1) is 19.6 Å². The third-order valence-electron chi connectivity index (χ3n) is 5.89. The average Bonchev–Trinajstić information content (AvgIpc) is 2.74. The van der Waals surface area contributed by atoms with Gasteiger partial charge in [0.2, 0.25) is 11.8 Å². The van der Waals surface area contributed by atoms with E-state index in [1.165, 1.54) is 0 Å². The van der Waals surface area contributed by atoms with Gasteiger partial charge in [0.1, 0.15) is 5.75 Å². The van der Waals surface area contributed by atoms with Crippen LogP contribution in [0, 0.1) is 27.7 Å². The summed E-state index contributed by atoms with van der Waals surface area (Å²) in [7, 11) is 0. The highest BCUT2D eigenvalue weighted by Gasteiger charge is 2.22. The minimum atomic E-state index is -0.0181. The van der Waals surface area contributed by atoms with E-state index < -0.39 is 0 Å². The summed E-state index contributed by atoms with van der Waals surface area (Å²) in [6.45, 7) is 11.5. The summed E-state index contributed by atoms with van der Waals surface area (Å²) in [4.78, 5) is 28.9. The molecule has 1 heterocycles. The van der Waals surface area contributed by atoms with Crippen LogP contribution in [0.4, 0.5) is 5.69 Å². The molecule has 0 aromatic heterocycles. The van der Waals surface area contributed by atoms with Gasteiger partial charge in [0, 0.05) is 31.9 Å². The van der Waals surface area contributed by atoms with E-state index in [2.05, 4.69) is 16.3 Å². The number of carbonyl (C=O) groups excluding carboxylic acids is 2. The van der Waals surface area contributed by atoms with E-state index in [1.54, 1.807) is 0 Å². The molecule has 0 aliphatic carbocycles. The van der Waals surface area contributed by atoms with Crippen molar-refractivity contribution in [2.24, 2.45) is 0 Å². The first-order valence-corrected chi connectivity index (χ1v) is 10.9. The smallest absolute Gasteiger partial charge is 0.238 e. The van der Waals surface area contributed by atoms with Crippen LogP contribution < -0.4 is 10.1 Å². The van der Waals surface area contributed by atoms with Crippen LogP contribution in [0.5, 0.6) is 5.75 Å². The second-order valence-electron chi connectivity index (χ2n) is 8.32. The molecule has 0 spiro atoms. The van der Waals surface area contributed by atoms with Gasteiger partial charge < -0.3 is 15.0 Å². The second-order valence-corrected chi connectivity index (χ2v) is 8.32. The second kappa shape index (κ2) is 10.4. The molecule has 0 bridgehead atoms. The summed E-state index contributed by atoms with van der Waals surface area (Å²) in [5, 5.41) is 3.01. The van der Waals surface area contributed by atoms with E-state index in [1.807, 2.05) is 62.9 Å². The van der Waals surface area contributed by atoms with Crippen LogP contribution in [0.25, 0.3) is 0 Å². The first-order chi connectivity index (χ1) is 14.8. The van der Waals surface area contributed by atoms with Gasteiger partial charge in [-0.05, 0) is 62.1 Å². The molecule has 1 aliphatic rings. The fraction of sp³-hybridized carbons (Fsp3) is 0.440. The molecule has 2 aromatic rings. The number of piperazine rings is 1. The number of hydrogen-bond acceptors (Lipinski definition) is 4. The van der Waals surface area contributed by atoms with E-state index in [4.69, 9.17) is 4.74 Å². The number of ether oxygens (including phenoxy) is 1. The van der Waals surface area contributed by atoms with Crippen LogP contribution in [0.15, 0.2) is 36.4 Å². The van der Waals surface area contributed by atoms with Crippen LogP contribution in [0.1, 0.15) is 28.7 Å². The number of aryl methyl sites for hydroxylation is 3. The van der Waals surface area contributed by atoms with E-state index in [-0.39, 0.29) is 11.8 Å². The third-order valence-corrected chi connectivity index (χ3v) is 5.89. The highest BCUT2D eigenvalue weighted by molar-refractivity contribution is 5.93. The normalized spacial score (nSPS) is 14.4. The number of rotatable bonds is 7. The molecule has 2 amide bonds. The number of anilines is 1. The largest absolute Gasteiger partial charge is 0.493 e. The van der Waals surface area contributed by atoms with Gasteiger partial charge >= 0.3 is 0 Å². The first kappa shape index (κ1) is 22.8. The lowest BCUT2D eigenvalue weighted by molar-refractivity contribution is -0.133. The predicted molar refractivity (Wildman–Crippen MR) is 124 cm³/mol. The Bertz CT molecular complexity index is 934. The Morgan fingerprint density at radius 2 is 1.71 bits per heavy atom. The molecule has 0 radical (unpaired) electrons. The molecule has 1 N–H and O–H groups in total. The maximum atomic E-state index is 12.5. The lowest BCUT2D eigenvalue weighted by Crippen LogP contribution is -2.50. The molecule has 6 nitrogen and oxygen atoms in total. The molecule has 3 rings (SSSR count). The fourth-order valence-corrected chi connectivity index (χ4v) is 3.70. The maximum Gasteiger partial charge on any atom is 0.238 e. The predicted octanol–water partition coefficient (Wildman–Crippen LogP) is 3.47. The van der Waals surface area contributed by atoms with Crippen LogP contribution in [-0.4, -0.2) is 60.9 Å². The minimum Gasteiger partial charge on any atom is -0.493 e. The average molecular weight is 424 g/mol. The summed E-state index contributed by atoms with van der Waals surface area (Å²) in [6, 6.07) is 12.0. The van der Waals surface area contributed by atoms with Crippen LogP contribution in [0.2, 0.25) is 0 Å². The van der Waals surface area contributed by atoms with Crippen molar-refractivity contribution in [1.82, 2.24) is 9.80 Å². The molecule has 1 fully saturated rings. The fourth-order valence-electron chi connectivity index (χ4n) is 3.70. The maximum absolute atomic E-state index is 12.5. The zero-order valence-electron chi connectivity index (χ0n) is 19.0. The molecule has 0 atom stereocenters. The molecule has 166 valence electrons. The van der Waals surface area contributed by atoms with Crippen LogP contribution >= 0.6 is 0 Å². The molecule has 6 heteroatoms. The first-order valence-electron chi connectivity index (χ1n) is 10.9. The summed E-state index contributed by atoms with van der Waals surface area (Å²) in [5.41, 5.74) is 5.33. The molecule has 0 unspecified atom stereocenters. The summed E-state index contributed by atoms with van der Waals surface area (Å²) in [5.74, 6) is 0.924. The zero-order chi connectivity index (χ0) is 22.4. The van der Waals surface area contributed by atoms with E-state index >= 15 is 0 Å². The standard InChI is InChI=1S/C25H33N3O3/c1-18-8-9-20(3)23(16-18)31-15-10-25(30)28-13-11-27(12-14-28)17-24(29)26-22-7-5-6-19(2)21(22)4/h5-9,16H,10-15,17H2,1-4H3,(H,26,29). The van der Waals surface area contributed by atoms with Crippen molar-refractivity contribution < 1.29 is 14.3 Å². The number of amides is 2. The van der Waals surface area contributed by atoms with Gasteiger partial charge in [-0.2, -0.15) is 0 Å². The molecule has 1 saturated heterocycles. The minimum absolute atomic E-state index is 0.0181. The van der Waals surface area contributed by atoms with E-state index in [0.29, 0.717) is 45.8 Å². The number of hydrogen-bond donors (Lipinski definition) is 1. The van der Waals surface area contributed by atoms with Crippen molar-refractivity contribution in [3.8, 4) is 5.75 Å². The zero-order valence-corrected chi connectivity index (χ0v) is 19.0. The Morgan fingerprint density at radius 3 is 2.45 bits per heavy atom. The summed E-state index contributed by atoms with van der Waals surface area (Å²) >= 11 is 0. The van der Waals surface area contributed by atoms with Crippen molar-refractivity contribution >= 4 is 17.5 Å². The highest BCUT2D eigenvalue weighted by atomic mass is 16.5. The monoisotopic (exact) mass is 423 g/mol. The lowest BCUT2D eigenvalue weighted by atomic mass is 10.1. The molecule has 31 heavy (non-hydrogen) atoms. The van der Waals surface area contributed by atoms with Crippen molar-refractivity contribution in [2.75, 3.05) is 44.6 Å².